The van der Waals surface area contributed by atoms with Crippen molar-refractivity contribution in [3.8, 4) is 10.8 Å². The van der Waals surface area contributed by atoms with E-state index < -0.39 is 0 Å². The molecular formula is C17H18N4O2S. The van der Waals surface area contributed by atoms with Crippen LogP contribution in [0, 0.1) is 6.92 Å². The fraction of sp³-hybridized carbons (Fsp3) is 0.353. The molecule has 1 amide bonds. The molecule has 0 bridgehead atoms. The normalized spacial score (nSPS) is 17.5. The van der Waals surface area contributed by atoms with Crippen molar-refractivity contribution in [2.75, 3.05) is 6.54 Å². The van der Waals surface area contributed by atoms with Crippen LogP contribution >= 0.6 is 11.3 Å². The zero-order chi connectivity index (χ0) is 16.5. The number of rotatable bonds is 4. The maximum atomic E-state index is 12.8. The maximum absolute atomic E-state index is 12.8. The second kappa shape index (κ2) is 6.24. The Morgan fingerprint density at radius 3 is 3.17 bits per heavy atom. The first kappa shape index (κ1) is 15.1. The lowest BCUT2D eigenvalue weighted by molar-refractivity contribution is 0.0716. The average molecular weight is 342 g/mol. The number of hydrogen-bond acceptors (Lipinski definition) is 5. The van der Waals surface area contributed by atoms with Crippen LogP contribution in [-0.2, 0) is 6.54 Å². The molecule has 6 nitrogen and oxygen atoms in total. The van der Waals surface area contributed by atoms with E-state index >= 15 is 0 Å². The van der Waals surface area contributed by atoms with Crippen LogP contribution in [0.25, 0.3) is 10.8 Å². The fourth-order valence-corrected chi connectivity index (χ4v) is 3.87. The van der Waals surface area contributed by atoms with Crippen LogP contribution in [0.2, 0.25) is 0 Å². The molecule has 3 aromatic rings. The van der Waals surface area contributed by atoms with Gasteiger partial charge in [-0.3, -0.25) is 9.48 Å². The van der Waals surface area contributed by atoms with Gasteiger partial charge in [-0.25, -0.2) is 4.98 Å². The van der Waals surface area contributed by atoms with Crippen LogP contribution in [-0.4, -0.2) is 38.2 Å². The number of furan rings is 1. The SMILES string of the molecule is Cc1cnn(CC2CCCN2C(=O)c2csc(-c3ccco3)n2)c1. The molecule has 0 radical (unpaired) electrons. The van der Waals surface area contributed by atoms with Crippen LogP contribution in [0.3, 0.4) is 0 Å². The number of thiazole rings is 1. The minimum absolute atomic E-state index is 0.00423. The molecule has 1 atom stereocenters. The summed E-state index contributed by atoms with van der Waals surface area (Å²) >= 11 is 1.43. The van der Waals surface area contributed by atoms with Gasteiger partial charge in [-0.2, -0.15) is 5.10 Å². The maximum Gasteiger partial charge on any atom is 0.273 e. The van der Waals surface area contributed by atoms with Crippen molar-refractivity contribution in [1.82, 2.24) is 19.7 Å². The highest BCUT2D eigenvalue weighted by Crippen LogP contribution is 2.27. The van der Waals surface area contributed by atoms with E-state index in [1.165, 1.54) is 11.3 Å². The Morgan fingerprint density at radius 2 is 2.42 bits per heavy atom. The van der Waals surface area contributed by atoms with E-state index in [9.17, 15) is 4.79 Å². The van der Waals surface area contributed by atoms with E-state index in [-0.39, 0.29) is 11.9 Å². The molecule has 1 aliphatic rings. The van der Waals surface area contributed by atoms with Gasteiger partial charge in [-0.05, 0) is 37.5 Å². The third-order valence-electron chi connectivity index (χ3n) is 4.25. The first-order valence-electron chi connectivity index (χ1n) is 8.00. The summed E-state index contributed by atoms with van der Waals surface area (Å²) in [4.78, 5) is 19.2. The molecule has 4 heterocycles. The van der Waals surface area contributed by atoms with Crippen molar-refractivity contribution in [2.45, 2.75) is 32.4 Å². The Kier molecular flexibility index (Phi) is 3.93. The lowest BCUT2D eigenvalue weighted by Gasteiger charge is -2.23. The van der Waals surface area contributed by atoms with E-state index in [0.717, 1.165) is 36.5 Å². The Bertz CT molecular complexity index is 837. The Balaban J connectivity index is 1.50. The van der Waals surface area contributed by atoms with E-state index in [2.05, 4.69) is 10.1 Å². The predicted molar refractivity (Wildman–Crippen MR) is 90.8 cm³/mol. The van der Waals surface area contributed by atoms with Crippen molar-refractivity contribution in [3.05, 3.63) is 47.4 Å². The smallest absolute Gasteiger partial charge is 0.273 e. The highest BCUT2D eigenvalue weighted by molar-refractivity contribution is 7.13. The van der Waals surface area contributed by atoms with Crippen LogP contribution in [0.5, 0.6) is 0 Å². The van der Waals surface area contributed by atoms with Crippen molar-refractivity contribution < 1.29 is 9.21 Å². The van der Waals surface area contributed by atoms with E-state index in [1.807, 2.05) is 46.4 Å². The van der Waals surface area contributed by atoms with Gasteiger partial charge < -0.3 is 9.32 Å². The minimum Gasteiger partial charge on any atom is -0.462 e. The lowest BCUT2D eigenvalue weighted by Crippen LogP contribution is -2.38. The summed E-state index contributed by atoms with van der Waals surface area (Å²) in [7, 11) is 0. The topological polar surface area (TPSA) is 64.2 Å². The Labute approximate surface area is 143 Å². The van der Waals surface area contributed by atoms with Crippen LogP contribution in [0.1, 0.15) is 28.9 Å². The largest absolute Gasteiger partial charge is 0.462 e. The molecule has 1 fully saturated rings. The first-order chi connectivity index (χ1) is 11.7. The molecule has 4 rings (SSSR count). The van der Waals surface area contributed by atoms with Gasteiger partial charge in [0.2, 0.25) is 0 Å². The monoisotopic (exact) mass is 342 g/mol. The van der Waals surface area contributed by atoms with Crippen LogP contribution in [0.15, 0.2) is 40.6 Å². The summed E-state index contributed by atoms with van der Waals surface area (Å²) < 4.78 is 7.27. The fourth-order valence-electron chi connectivity index (χ4n) is 3.11. The van der Waals surface area contributed by atoms with Gasteiger partial charge in [0.15, 0.2) is 10.8 Å². The van der Waals surface area contributed by atoms with Crippen molar-refractivity contribution in [3.63, 3.8) is 0 Å². The summed E-state index contributed by atoms with van der Waals surface area (Å²) in [6.07, 6.45) is 7.49. The molecule has 0 aromatic carbocycles. The second-order valence-corrected chi connectivity index (χ2v) is 6.91. The van der Waals surface area contributed by atoms with Gasteiger partial charge >= 0.3 is 0 Å². The Morgan fingerprint density at radius 1 is 1.50 bits per heavy atom. The van der Waals surface area contributed by atoms with E-state index in [1.54, 1.807) is 6.26 Å². The number of hydrogen-bond donors (Lipinski definition) is 0. The van der Waals surface area contributed by atoms with Gasteiger partial charge in [0.05, 0.1) is 25.0 Å². The van der Waals surface area contributed by atoms with Gasteiger partial charge in [-0.1, -0.05) is 0 Å². The molecule has 7 heteroatoms. The van der Waals surface area contributed by atoms with Gasteiger partial charge in [0, 0.05) is 18.1 Å². The zero-order valence-corrected chi connectivity index (χ0v) is 14.2. The molecule has 0 spiro atoms. The standard InChI is InChI=1S/C17H18N4O2S/c1-12-8-18-20(9-12)10-13-4-2-6-21(13)17(22)14-11-24-16(19-14)15-5-3-7-23-15/h3,5,7-9,11,13H,2,4,6,10H2,1H3. The molecule has 0 N–H and O–H groups in total. The number of aromatic nitrogens is 3. The van der Waals surface area contributed by atoms with Crippen molar-refractivity contribution >= 4 is 17.2 Å². The predicted octanol–water partition coefficient (Wildman–Crippen LogP) is 3.21. The molecule has 124 valence electrons. The van der Waals surface area contributed by atoms with Gasteiger partial charge in [0.1, 0.15) is 5.69 Å². The Hall–Kier alpha value is -2.41. The van der Waals surface area contributed by atoms with Gasteiger partial charge in [0.25, 0.3) is 5.91 Å². The number of likely N-dealkylation sites (tertiary alicyclic amines) is 1. The molecule has 3 aromatic heterocycles. The minimum atomic E-state index is -0.00423. The average Bonchev–Trinajstić information content (AvgIpc) is 3.35. The third kappa shape index (κ3) is 2.87. The summed E-state index contributed by atoms with van der Waals surface area (Å²) in [6, 6.07) is 3.85. The van der Waals surface area contributed by atoms with Crippen molar-refractivity contribution in [1.29, 1.82) is 0 Å². The van der Waals surface area contributed by atoms with E-state index in [0.29, 0.717) is 11.5 Å². The molecule has 24 heavy (non-hydrogen) atoms. The number of amides is 1. The molecule has 0 saturated carbocycles. The lowest BCUT2D eigenvalue weighted by atomic mass is 10.2. The van der Waals surface area contributed by atoms with Gasteiger partial charge in [-0.15, -0.1) is 11.3 Å². The summed E-state index contributed by atoms with van der Waals surface area (Å²) in [5.74, 6) is 0.694. The number of carbonyl (C=O) groups is 1. The van der Waals surface area contributed by atoms with Crippen LogP contribution < -0.4 is 0 Å². The van der Waals surface area contributed by atoms with E-state index in [4.69, 9.17) is 4.42 Å². The van der Waals surface area contributed by atoms with Crippen LogP contribution in [0.4, 0.5) is 0 Å². The molecular weight excluding hydrogens is 324 g/mol. The number of aryl methyl sites for hydroxylation is 1. The summed E-state index contributed by atoms with van der Waals surface area (Å²) in [5, 5.41) is 6.89. The summed E-state index contributed by atoms with van der Waals surface area (Å²) in [6.45, 7) is 3.53. The highest BCUT2D eigenvalue weighted by atomic mass is 32.1. The third-order valence-corrected chi connectivity index (χ3v) is 5.11. The molecule has 1 unspecified atom stereocenters. The second-order valence-electron chi connectivity index (χ2n) is 6.05. The van der Waals surface area contributed by atoms with Crippen molar-refractivity contribution in [2.24, 2.45) is 0 Å². The molecule has 1 saturated heterocycles. The quantitative estimate of drug-likeness (QED) is 0.730. The number of nitrogens with zero attached hydrogens (tertiary/aromatic N) is 4. The highest BCUT2D eigenvalue weighted by Gasteiger charge is 2.31. The first-order valence-corrected chi connectivity index (χ1v) is 8.88. The molecule has 1 aliphatic heterocycles. The molecule has 0 aliphatic carbocycles. The number of carbonyl (C=O) groups excluding carboxylic acids is 1. The zero-order valence-electron chi connectivity index (χ0n) is 13.4. The summed E-state index contributed by atoms with van der Waals surface area (Å²) in [5.41, 5.74) is 1.63.